The number of hydrogen-bond acceptors (Lipinski definition) is 7. The first-order chi connectivity index (χ1) is 14.3. The van der Waals surface area contributed by atoms with Crippen LogP contribution < -0.4 is 0 Å². The molecule has 3 aliphatic rings. The molecule has 1 saturated heterocycles. The maximum absolute atomic E-state index is 13.7. The third-order valence-electron chi connectivity index (χ3n) is 7.87. The van der Waals surface area contributed by atoms with Gasteiger partial charge in [-0.15, -0.1) is 0 Å². The first-order valence-corrected chi connectivity index (χ1v) is 10.7. The number of carbonyl (C=O) groups is 3. The van der Waals surface area contributed by atoms with E-state index in [1.54, 1.807) is 18.6 Å². The Bertz CT molecular complexity index is 831. The minimum absolute atomic E-state index is 0.00709. The summed E-state index contributed by atoms with van der Waals surface area (Å²) in [7, 11) is 1.38. The molecule has 7 nitrogen and oxygen atoms in total. The molecule has 1 unspecified atom stereocenters. The lowest BCUT2D eigenvalue weighted by Crippen LogP contribution is -2.64. The van der Waals surface area contributed by atoms with Crippen molar-refractivity contribution in [2.45, 2.75) is 58.7 Å². The highest BCUT2D eigenvalue weighted by atomic mass is 16.5. The van der Waals surface area contributed by atoms with Gasteiger partial charge >= 0.3 is 11.9 Å². The standard InChI is InChI=1S/C23H30O7/c1-5-29-16-10-15(20(25)27-4)22(2)8-6-14-21(26)30-17(13-7-9-28-12-13)11-23(14,3)19(22)18(16)24/h7,9,12,14-17,19H,5-6,8,10-11H2,1-4H3/t14-,15-,16+,17-,19?,22-,23-/m0/s1. The zero-order valence-corrected chi connectivity index (χ0v) is 18.0. The number of methoxy groups -OCH3 is 1. The molecule has 164 valence electrons. The molecule has 4 rings (SSSR count). The van der Waals surface area contributed by atoms with Crippen molar-refractivity contribution in [3.63, 3.8) is 0 Å². The fourth-order valence-corrected chi connectivity index (χ4v) is 6.51. The molecule has 0 bridgehead atoms. The molecule has 0 N–H and O–H groups in total. The predicted molar refractivity (Wildman–Crippen MR) is 105 cm³/mol. The molecule has 30 heavy (non-hydrogen) atoms. The van der Waals surface area contributed by atoms with Crippen LogP contribution in [0.15, 0.2) is 23.0 Å². The molecular formula is C23H30O7. The lowest BCUT2D eigenvalue weighted by molar-refractivity contribution is -0.209. The molecule has 1 aromatic heterocycles. The van der Waals surface area contributed by atoms with Gasteiger partial charge in [0.2, 0.25) is 0 Å². The van der Waals surface area contributed by atoms with Gasteiger partial charge in [0.25, 0.3) is 0 Å². The molecule has 7 heteroatoms. The van der Waals surface area contributed by atoms with E-state index in [4.69, 9.17) is 18.6 Å². The molecule has 1 aliphatic heterocycles. The second-order valence-electron chi connectivity index (χ2n) is 9.38. The van der Waals surface area contributed by atoms with Crippen molar-refractivity contribution in [2.75, 3.05) is 13.7 Å². The van der Waals surface area contributed by atoms with Crippen LogP contribution in [0.5, 0.6) is 0 Å². The molecule has 2 aliphatic carbocycles. The van der Waals surface area contributed by atoms with Crippen molar-refractivity contribution in [1.82, 2.24) is 0 Å². The summed E-state index contributed by atoms with van der Waals surface area (Å²) in [5, 5.41) is 0. The number of cyclic esters (lactones) is 1. The van der Waals surface area contributed by atoms with Crippen molar-refractivity contribution in [1.29, 1.82) is 0 Å². The van der Waals surface area contributed by atoms with E-state index in [0.29, 0.717) is 32.3 Å². The average molecular weight is 418 g/mol. The van der Waals surface area contributed by atoms with Gasteiger partial charge in [-0.25, -0.2) is 0 Å². The highest BCUT2D eigenvalue weighted by Gasteiger charge is 2.67. The SMILES string of the molecule is CCO[C@@H]1C[C@@H](C(=O)OC)[C@]2(C)CC[C@H]3C(=O)O[C@H](c4ccoc4)C[C@]3(C)C2C1=O. The lowest BCUT2D eigenvalue weighted by Gasteiger charge is -2.61. The highest BCUT2D eigenvalue weighted by Crippen LogP contribution is 2.65. The van der Waals surface area contributed by atoms with Crippen LogP contribution in [0.4, 0.5) is 0 Å². The first kappa shape index (κ1) is 21.1. The Morgan fingerprint density at radius 1 is 1.27 bits per heavy atom. The smallest absolute Gasteiger partial charge is 0.310 e. The number of furan rings is 1. The van der Waals surface area contributed by atoms with E-state index in [1.165, 1.54) is 7.11 Å². The normalized spacial score (nSPS) is 40.9. The van der Waals surface area contributed by atoms with Gasteiger partial charge in [-0.2, -0.15) is 0 Å². The van der Waals surface area contributed by atoms with Crippen LogP contribution in [0.2, 0.25) is 0 Å². The Labute approximate surface area is 176 Å². The number of Topliss-reactive ketones (excluding diaryl/α,β-unsaturated/α-hetero) is 1. The van der Waals surface area contributed by atoms with E-state index in [1.807, 2.05) is 20.8 Å². The van der Waals surface area contributed by atoms with Gasteiger partial charge in [-0.05, 0) is 49.5 Å². The molecule has 1 aromatic rings. The maximum Gasteiger partial charge on any atom is 0.310 e. The van der Waals surface area contributed by atoms with Gasteiger partial charge in [-0.1, -0.05) is 13.8 Å². The van der Waals surface area contributed by atoms with Crippen molar-refractivity contribution in [3.8, 4) is 0 Å². The molecule has 2 heterocycles. The monoisotopic (exact) mass is 418 g/mol. The largest absolute Gasteiger partial charge is 0.472 e. The number of fused-ring (bicyclic) bond motifs is 3. The summed E-state index contributed by atoms with van der Waals surface area (Å²) in [6.07, 6.45) is 3.98. The summed E-state index contributed by atoms with van der Waals surface area (Å²) in [4.78, 5) is 39.5. The quantitative estimate of drug-likeness (QED) is 0.691. The Hall–Kier alpha value is -2.15. The van der Waals surface area contributed by atoms with Crippen molar-refractivity contribution < 1.29 is 33.0 Å². The Balaban J connectivity index is 1.79. The van der Waals surface area contributed by atoms with E-state index in [2.05, 4.69) is 0 Å². The highest BCUT2D eigenvalue weighted by molar-refractivity contribution is 5.92. The van der Waals surface area contributed by atoms with Crippen LogP contribution in [0, 0.1) is 28.6 Å². The average Bonchev–Trinajstić information content (AvgIpc) is 3.23. The Morgan fingerprint density at radius 3 is 2.67 bits per heavy atom. The summed E-state index contributed by atoms with van der Waals surface area (Å²) in [6.45, 7) is 6.24. The summed E-state index contributed by atoms with van der Waals surface area (Å²) >= 11 is 0. The van der Waals surface area contributed by atoms with E-state index in [9.17, 15) is 14.4 Å². The van der Waals surface area contributed by atoms with E-state index in [-0.39, 0.29) is 23.6 Å². The second kappa shape index (κ2) is 7.52. The second-order valence-corrected chi connectivity index (χ2v) is 9.38. The zero-order chi connectivity index (χ0) is 21.7. The summed E-state index contributed by atoms with van der Waals surface area (Å²) < 4.78 is 21.8. The molecule has 0 radical (unpaired) electrons. The molecule has 0 spiro atoms. The van der Waals surface area contributed by atoms with Gasteiger partial charge in [0.05, 0.1) is 31.5 Å². The number of rotatable bonds is 4. The van der Waals surface area contributed by atoms with Crippen LogP contribution in [-0.2, 0) is 28.6 Å². The number of carbonyl (C=O) groups excluding carboxylic acids is 3. The van der Waals surface area contributed by atoms with Gasteiger partial charge in [0.15, 0.2) is 5.78 Å². The topological polar surface area (TPSA) is 92.0 Å². The zero-order valence-electron chi connectivity index (χ0n) is 18.0. The van der Waals surface area contributed by atoms with Crippen molar-refractivity contribution >= 4 is 17.7 Å². The molecule has 0 aromatic carbocycles. The molecule has 2 saturated carbocycles. The lowest BCUT2D eigenvalue weighted by atomic mass is 9.43. The molecule has 3 fully saturated rings. The van der Waals surface area contributed by atoms with Crippen LogP contribution >= 0.6 is 0 Å². The number of esters is 2. The fraction of sp³-hybridized carbons (Fsp3) is 0.696. The molecule has 7 atom stereocenters. The van der Waals surface area contributed by atoms with Crippen LogP contribution in [0.3, 0.4) is 0 Å². The number of ether oxygens (including phenoxy) is 3. The van der Waals surface area contributed by atoms with Crippen molar-refractivity contribution in [3.05, 3.63) is 24.2 Å². The summed E-state index contributed by atoms with van der Waals surface area (Å²) in [5.74, 6) is -1.94. The van der Waals surface area contributed by atoms with Gasteiger partial charge < -0.3 is 18.6 Å². The van der Waals surface area contributed by atoms with Crippen molar-refractivity contribution in [2.24, 2.45) is 28.6 Å². The summed E-state index contributed by atoms with van der Waals surface area (Å²) in [5.41, 5.74) is -0.463. The predicted octanol–water partition coefficient (Wildman–Crippen LogP) is 3.47. The third-order valence-corrected chi connectivity index (χ3v) is 7.87. The number of ketones is 1. The van der Waals surface area contributed by atoms with Gasteiger partial charge in [0.1, 0.15) is 12.2 Å². The maximum atomic E-state index is 13.7. The fourth-order valence-electron chi connectivity index (χ4n) is 6.51. The minimum atomic E-state index is -0.668. The Kier molecular flexibility index (Phi) is 5.29. The number of hydrogen-bond donors (Lipinski definition) is 0. The van der Waals surface area contributed by atoms with Gasteiger partial charge in [-0.3, -0.25) is 14.4 Å². The molecule has 0 amide bonds. The van der Waals surface area contributed by atoms with Gasteiger partial charge in [0, 0.05) is 18.1 Å². The minimum Gasteiger partial charge on any atom is -0.472 e. The Morgan fingerprint density at radius 2 is 2.03 bits per heavy atom. The van der Waals surface area contributed by atoms with Crippen LogP contribution in [-0.4, -0.2) is 37.5 Å². The third kappa shape index (κ3) is 3.01. The van der Waals surface area contributed by atoms with Crippen LogP contribution in [0.25, 0.3) is 0 Å². The molecular weight excluding hydrogens is 388 g/mol. The van der Waals surface area contributed by atoms with E-state index in [0.717, 1.165) is 5.56 Å². The first-order valence-electron chi connectivity index (χ1n) is 10.7. The van der Waals surface area contributed by atoms with E-state index < -0.39 is 34.9 Å². The summed E-state index contributed by atoms with van der Waals surface area (Å²) in [6, 6.07) is 1.78. The van der Waals surface area contributed by atoms with Crippen LogP contribution in [0.1, 0.15) is 58.1 Å². The van der Waals surface area contributed by atoms with E-state index >= 15 is 0 Å².